The largest absolute Gasteiger partial charge is 0.376 e. The first-order valence-corrected chi connectivity index (χ1v) is 4.76. The molecule has 0 aromatic carbocycles. The quantitative estimate of drug-likeness (QED) is 0.694. The number of rotatable bonds is 3. The van der Waals surface area contributed by atoms with Crippen molar-refractivity contribution >= 4 is 0 Å². The molecule has 0 bridgehead atoms. The van der Waals surface area contributed by atoms with Crippen molar-refractivity contribution in [2.24, 2.45) is 0 Å². The Morgan fingerprint density at radius 2 is 2.46 bits per heavy atom. The molecule has 5 heteroatoms. The first-order valence-electron chi connectivity index (χ1n) is 4.76. The van der Waals surface area contributed by atoms with Crippen LogP contribution in [0.25, 0.3) is 0 Å². The van der Waals surface area contributed by atoms with Gasteiger partial charge in [-0.2, -0.15) is 0 Å². The van der Waals surface area contributed by atoms with Crippen LogP contribution in [0, 0.1) is 0 Å². The summed E-state index contributed by atoms with van der Waals surface area (Å²) in [6.07, 6.45) is 5.42. The van der Waals surface area contributed by atoms with Gasteiger partial charge in [-0.05, 0) is 36.6 Å². The molecule has 2 rings (SSSR count). The number of ether oxygens (including phenoxy) is 1. The molecule has 0 saturated heterocycles. The molecule has 5 nitrogen and oxygen atoms in total. The number of hydrogen-bond acceptors (Lipinski definition) is 4. The van der Waals surface area contributed by atoms with Crippen molar-refractivity contribution in [1.82, 2.24) is 20.2 Å². The second kappa shape index (κ2) is 3.83. The third-order valence-electron chi connectivity index (χ3n) is 2.50. The van der Waals surface area contributed by atoms with Gasteiger partial charge in [-0.25, -0.2) is 4.68 Å². The molecule has 1 aromatic heterocycles. The Kier molecular flexibility index (Phi) is 2.54. The fraction of sp³-hybridized carbons (Fsp3) is 0.875. The normalized spacial score (nSPS) is 28.1. The second-order valence-electron chi connectivity index (χ2n) is 3.28. The molecular formula is C8H14N4O. The fourth-order valence-electron chi connectivity index (χ4n) is 1.94. The maximum absolute atomic E-state index is 5.62. The third kappa shape index (κ3) is 1.70. The van der Waals surface area contributed by atoms with E-state index < -0.39 is 0 Å². The van der Waals surface area contributed by atoms with Gasteiger partial charge in [0.1, 0.15) is 6.33 Å². The van der Waals surface area contributed by atoms with E-state index in [1.807, 2.05) is 11.6 Å². The molecule has 1 aliphatic rings. The highest BCUT2D eigenvalue weighted by Crippen LogP contribution is 2.31. The maximum atomic E-state index is 5.62. The standard InChI is InChI=1S/C8H14N4O/c1-2-13-8-5-3-4-7(8)12-6-9-10-11-12/h6-8H,2-5H2,1H3/t7-,8-/m1/s1. The molecule has 0 N–H and O–H groups in total. The van der Waals surface area contributed by atoms with Crippen LogP contribution < -0.4 is 0 Å². The van der Waals surface area contributed by atoms with Crippen LogP contribution in [0.2, 0.25) is 0 Å². The summed E-state index contributed by atoms with van der Waals surface area (Å²) >= 11 is 0. The minimum atomic E-state index is 0.300. The lowest BCUT2D eigenvalue weighted by atomic mass is 10.2. The summed E-state index contributed by atoms with van der Waals surface area (Å²) in [5.74, 6) is 0. The van der Waals surface area contributed by atoms with Gasteiger partial charge in [-0.3, -0.25) is 0 Å². The van der Waals surface area contributed by atoms with Crippen molar-refractivity contribution < 1.29 is 4.74 Å². The van der Waals surface area contributed by atoms with Gasteiger partial charge in [0.2, 0.25) is 0 Å². The lowest BCUT2D eigenvalue weighted by molar-refractivity contribution is 0.0361. The smallest absolute Gasteiger partial charge is 0.138 e. The van der Waals surface area contributed by atoms with Crippen molar-refractivity contribution in [3.05, 3.63) is 6.33 Å². The minimum Gasteiger partial charge on any atom is -0.376 e. The Morgan fingerprint density at radius 3 is 3.15 bits per heavy atom. The molecule has 1 heterocycles. The average Bonchev–Trinajstić information content (AvgIpc) is 2.71. The van der Waals surface area contributed by atoms with Crippen LogP contribution in [-0.2, 0) is 4.74 Å². The van der Waals surface area contributed by atoms with E-state index in [2.05, 4.69) is 15.5 Å². The zero-order valence-corrected chi connectivity index (χ0v) is 7.76. The van der Waals surface area contributed by atoms with Crippen LogP contribution in [-0.4, -0.2) is 32.9 Å². The molecule has 1 aliphatic carbocycles. The minimum absolute atomic E-state index is 0.300. The van der Waals surface area contributed by atoms with E-state index in [0.717, 1.165) is 19.4 Å². The van der Waals surface area contributed by atoms with Gasteiger partial charge in [-0.1, -0.05) is 0 Å². The average molecular weight is 182 g/mol. The summed E-state index contributed by atoms with van der Waals surface area (Å²) in [5.41, 5.74) is 0. The van der Waals surface area contributed by atoms with Crippen LogP contribution in [0.5, 0.6) is 0 Å². The van der Waals surface area contributed by atoms with Crippen LogP contribution in [0.3, 0.4) is 0 Å². The summed E-state index contributed by atoms with van der Waals surface area (Å²) in [4.78, 5) is 0. The predicted octanol–water partition coefficient (Wildman–Crippen LogP) is 0.803. The van der Waals surface area contributed by atoms with Crippen LogP contribution in [0.4, 0.5) is 0 Å². The van der Waals surface area contributed by atoms with E-state index in [0.29, 0.717) is 12.1 Å². The SMILES string of the molecule is CCO[C@@H]1CCC[C@H]1n1cnnn1. The lowest BCUT2D eigenvalue weighted by Gasteiger charge is -2.18. The molecule has 13 heavy (non-hydrogen) atoms. The van der Waals surface area contributed by atoms with Crippen molar-refractivity contribution in [3.8, 4) is 0 Å². The highest BCUT2D eigenvalue weighted by molar-refractivity contribution is 4.81. The van der Waals surface area contributed by atoms with Gasteiger partial charge in [0.05, 0.1) is 12.1 Å². The van der Waals surface area contributed by atoms with E-state index in [4.69, 9.17) is 4.74 Å². The molecule has 0 unspecified atom stereocenters. The lowest BCUT2D eigenvalue weighted by Crippen LogP contribution is -2.22. The number of tetrazole rings is 1. The van der Waals surface area contributed by atoms with Crippen LogP contribution in [0.15, 0.2) is 6.33 Å². The molecule has 72 valence electrons. The topological polar surface area (TPSA) is 52.8 Å². The summed E-state index contributed by atoms with van der Waals surface area (Å²) in [6, 6.07) is 0.343. The van der Waals surface area contributed by atoms with Crippen molar-refractivity contribution in [2.75, 3.05) is 6.61 Å². The third-order valence-corrected chi connectivity index (χ3v) is 2.50. The Morgan fingerprint density at radius 1 is 1.54 bits per heavy atom. The van der Waals surface area contributed by atoms with E-state index in [1.165, 1.54) is 6.42 Å². The van der Waals surface area contributed by atoms with Gasteiger partial charge in [0.25, 0.3) is 0 Å². The number of hydrogen-bond donors (Lipinski definition) is 0. The Hall–Kier alpha value is -0.970. The monoisotopic (exact) mass is 182 g/mol. The van der Waals surface area contributed by atoms with Gasteiger partial charge in [0, 0.05) is 6.61 Å². The van der Waals surface area contributed by atoms with Crippen LogP contribution in [0.1, 0.15) is 32.2 Å². The molecule has 1 fully saturated rings. The molecule has 0 amide bonds. The highest BCUT2D eigenvalue weighted by atomic mass is 16.5. The van der Waals surface area contributed by atoms with Gasteiger partial charge >= 0.3 is 0 Å². The van der Waals surface area contributed by atoms with Gasteiger partial charge in [-0.15, -0.1) is 5.10 Å². The van der Waals surface area contributed by atoms with Crippen molar-refractivity contribution in [1.29, 1.82) is 0 Å². The Labute approximate surface area is 77.1 Å². The Bertz CT molecular complexity index is 249. The summed E-state index contributed by atoms with van der Waals surface area (Å²) in [5, 5.41) is 11.2. The van der Waals surface area contributed by atoms with E-state index in [-0.39, 0.29) is 0 Å². The highest BCUT2D eigenvalue weighted by Gasteiger charge is 2.29. The summed E-state index contributed by atoms with van der Waals surface area (Å²) < 4.78 is 7.44. The zero-order chi connectivity index (χ0) is 9.10. The number of nitrogens with zero attached hydrogens (tertiary/aromatic N) is 4. The summed E-state index contributed by atoms with van der Waals surface area (Å²) in [7, 11) is 0. The first kappa shape index (κ1) is 8.62. The van der Waals surface area contributed by atoms with Crippen molar-refractivity contribution in [2.45, 2.75) is 38.3 Å². The predicted molar refractivity (Wildman–Crippen MR) is 46.1 cm³/mol. The first-order chi connectivity index (χ1) is 6.42. The Balaban J connectivity index is 2.05. The van der Waals surface area contributed by atoms with Gasteiger partial charge in [0.15, 0.2) is 0 Å². The fourth-order valence-corrected chi connectivity index (χ4v) is 1.94. The van der Waals surface area contributed by atoms with E-state index in [9.17, 15) is 0 Å². The molecular weight excluding hydrogens is 168 g/mol. The molecule has 1 saturated carbocycles. The molecule has 0 radical (unpaired) electrons. The zero-order valence-electron chi connectivity index (χ0n) is 7.76. The van der Waals surface area contributed by atoms with E-state index in [1.54, 1.807) is 6.33 Å². The molecule has 0 aliphatic heterocycles. The molecule has 0 spiro atoms. The summed E-state index contributed by atoms with van der Waals surface area (Å²) in [6.45, 7) is 2.79. The second-order valence-corrected chi connectivity index (χ2v) is 3.28. The van der Waals surface area contributed by atoms with Crippen molar-refractivity contribution in [3.63, 3.8) is 0 Å². The van der Waals surface area contributed by atoms with Gasteiger partial charge < -0.3 is 4.74 Å². The molecule has 1 aromatic rings. The van der Waals surface area contributed by atoms with Crippen LogP contribution >= 0.6 is 0 Å². The number of aromatic nitrogens is 4. The molecule has 2 atom stereocenters. The van der Waals surface area contributed by atoms with E-state index >= 15 is 0 Å². The maximum Gasteiger partial charge on any atom is 0.138 e.